The van der Waals surface area contributed by atoms with Crippen molar-refractivity contribution in [3.63, 3.8) is 0 Å². The fourth-order valence-corrected chi connectivity index (χ4v) is 2.82. The summed E-state index contributed by atoms with van der Waals surface area (Å²) in [7, 11) is 0. The molecular formula is C14H15ClN4S. The maximum atomic E-state index is 5.81. The van der Waals surface area contributed by atoms with Gasteiger partial charge >= 0.3 is 0 Å². The van der Waals surface area contributed by atoms with Gasteiger partial charge in [0.1, 0.15) is 5.15 Å². The molecule has 0 unspecified atom stereocenters. The fraction of sp³-hybridized carbons (Fsp3) is 0.357. The molecule has 0 saturated heterocycles. The van der Waals surface area contributed by atoms with Crippen LogP contribution in [0.3, 0.4) is 0 Å². The average molecular weight is 307 g/mol. The van der Waals surface area contributed by atoms with Crippen LogP contribution in [0.25, 0.3) is 0 Å². The Morgan fingerprint density at radius 2 is 2.20 bits per heavy atom. The maximum absolute atomic E-state index is 5.81. The Morgan fingerprint density at radius 3 is 2.95 bits per heavy atom. The molecule has 0 bridgehead atoms. The summed E-state index contributed by atoms with van der Waals surface area (Å²) in [6.07, 6.45) is 6.78. The molecular weight excluding hydrogens is 292 g/mol. The van der Waals surface area contributed by atoms with E-state index in [9.17, 15) is 0 Å². The third-order valence-electron chi connectivity index (χ3n) is 3.37. The number of thioether (sulfide) groups is 1. The first-order valence-corrected chi connectivity index (χ1v) is 8.06. The van der Waals surface area contributed by atoms with Gasteiger partial charge in [0.15, 0.2) is 5.16 Å². The van der Waals surface area contributed by atoms with Crippen LogP contribution in [-0.4, -0.2) is 32.7 Å². The highest BCUT2D eigenvalue weighted by molar-refractivity contribution is 7.98. The summed E-state index contributed by atoms with van der Waals surface area (Å²) in [4.78, 5) is 15.4. The van der Waals surface area contributed by atoms with Crippen LogP contribution in [-0.2, 0) is 19.5 Å². The summed E-state index contributed by atoms with van der Waals surface area (Å²) in [5, 5.41) is 1.40. The largest absolute Gasteiger partial charge is 0.294 e. The van der Waals surface area contributed by atoms with Crippen molar-refractivity contribution in [1.29, 1.82) is 0 Å². The van der Waals surface area contributed by atoms with Crippen LogP contribution in [0.15, 0.2) is 29.7 Å². The summed E-state index contributed by atoms with van der Waals surface area (Å²) in [5.41, 5.74) is 3.60. The van der Waals surface area contributed by atoms with E-state index in [1.165, 1.54) is 16.8 Å². The van der Waals surface area contributed by atoms with Crippen molar-refractivity contribution in [2.24, 2.45) is 0 Å². The van der Waals surface area contributed by atoms with Gasteiger partial charge in [0.05, 0.1) is 5.69 Å². The SMILES string of the molecule is CSc1ncc2c(n1)CCN(Cc1ccc(Cl)nc1)C2. The van der Waals surface area contributed by atoms with E-state index >= 15 is 0 Å². The van der Waals surface area contributed by atoms with E-state index in [0.29, 0.717) is 5.15 Å². The molecule has 6 heteroatoms. The summed E-state index contributed by atoms with van der Waals surface area (Å²) in [5.74, 6) is 0. The number of halogens is 1. The van der Waals surface area contributed by atoms with E-state index in [-0.39, 0.29) is 0 Å². The van der Waals surface area contributed by atoms with Gasteiger partial charge in [0, 0.05) is 44.0 Å². The highest BCUT2D eigenvalue weighted by Gasteiger charge is 2.18. The van der Waals surface area contributed by atoms with Crippen LogP contribution >= 0.6 is 23.4 Å². The fourth-order valence-electron chi connectivity index (χ4n) is 2.35. The van der Waals surface area contributed by atoms with Crippen molar-refractivity contribution in [3.05, 3.63) is 46.5 Å². The van der Waals surface area contributed by atoms with Gasteiger partial charge in [0.25, 0.3) is 0 Å². The number of aromatic nitrogens is 3. The van der Waals surface area contributed by atoms with Gasteiger partial charge in [-0.1, -0.05) is 29.4 Å². The molecule has 2 aromatic heterocycles. The number of nitrogens with zero attached hydrogens (tertiary/aromatic N) is 4. The average Bonchev–Trinajstić information content (AvgIpc) is 2.49. The lowest BCUT2D eigenvalue weighted by molar-refractivity contribution is 0.242. The predicted octanol–water partition coefficient (Wildman–Crippen LogP) is 2.81. The van der Waals surface area contributed by atoms with E-state index in [1.807, 2.05) is 30.8 Å². The monoisotopic (exact) mass is 306 g/mol. The molecule has 0 atom stereocenters. The lowest BCUT2D eigenvalue weighted by Crippen LogP contribution is -2.31. The molecule has 3 heterocycles. The summed E-state index contributed by atoms with van der Waals surface area (Å²) in [6.45, 7) is 2.79. The summed E-state index contributed by atoms with van der Waals surface area (Å²) in [6, 6.07) is 3.86. The van der Waals surface area contributed by atoms with Crippen LogP contribution in [0.1, 0.15) is 16.8 Å². The third-order valence-corrected chi connectivity index (χ3v) is 4.15. The third kappa shape index (κ3) is 3.11. The second-order valence-corrected chi connectivity index (χ2v) is 5.94. The van der Waals surface area contributed by atoms with Crippen LogP contribution in [0.5, 0.6) is 0 Å². The molecule has 0 amide bonds. The molecule has 0 radical (unpaired) electrons. The second-order valence-electron chi connectivity index (χ2n) is 4.78. The Morgan fingerprint density at radius 1 is 1.30 bits per heavy atom. The number of rotatable bonds is 3. The Kier molecular flexibility index (Phi) is 4.19. The number of pyridine rings is 1. The normalized spacial score (nSPS) is 15.1. The van der Waals surface area contributed by atoms with Crippen molar-refractivity contribution in [1.82, 2.24) is 19.9 Å². The molecule has 0 aromatic carbocycles. The van der Waals surface area contributed by atoms with Gasteiger partial charge in [-0.05, 0) is 17.9 Å². The molecule has 2 aromatic rings. The van der Waals surface area contributed by atoms with Crippen molar-refractivity contribution < 1.29 is 0 Å². The Balaban J connectivity index is 1.70. The topological polar surface area (TPSA) is 41.9 Å². The van der Waals surface area contributed by atoms with E-state index in [0.717, 1.165) is 31.2 Å². The van der Waals surface area contributed by atoms with Crippen molar-refractivity contribution in [2.45, 2.75) is 24.7 Å². The lowest BCUT2D eigenvalue weighted by Gasteiger charge is -2.27. The highest BCUT2D eigenvalue weighted by Crippen LogP contribution is 2.20. The van der Waals surface area contributed by atoms with E-state index < -0.39 is 0 Å². The van der Waals surface area contributed by atoms with Gasteiger partial charge in [-0.3, -0.25) is 4.90 Å². The Labute approximate surface area is 127 Å². The summed E-state index contributed by atoms with van der Waals surface area (Å²) >= 11 is 7.40. The van der Waals surface area contributed by atoms with Gasteiger partial charge in [-0.25, -0.2) is 15.0 Å². The highest BCUT2D eigenvalue weighted by atomic mass is 35.5. The minimum Gasteiger partial charge on any atom is -0.294 e. The minimum absolute atomic E-state index is 0.538. The first kappa shape index (κ1) is 13.8. The number of hydrogen-bond donors (Lipinski definition) is 0. The van der Waals surface area contributed by atoms with Crippen molar-refractivity contribution in [2.75, 3.05) is 12.8 Å². The van der Waals surface area contributed by atoms with Gasteiger partial charge < -0.3 is 0 Å². The molecule has 1 aliphatic heterocycles. The predicted molar refractivity (Wildman–Crippen MR) is 80.9 cm³/mol. The molecule has 3 rings (SSSR count). The van der Waals surface area contributed by atoms with Crippen molar-refractivity contribution in [3.8, 4) is 0 Å². The van der Waals surface area contributed by atoms with E-state index in [4.69, 9.17) is 11.6 Å². The van der Waals surface area contributed by atoms with Gasteiger partial charge in [0.2, 0.25) is 0 Å². The molecule has 0 fully saturated rings. The zero-order valence-corrected chi connectivity index (χ0v) is 12.8. The molecule has 0 aliphatic carbocycles. The van der Waals surface area contributed by atoms with Crippen LogP contribution in [0.4, 0.5) is 0 Å². The first-order chi connectivity index (χ1) is 9.74. The maximum Gasteiger partial charge on any atom is 0.187 e. The first-order valence-electron chi connectivity index (χ1n) is 6.46. The zero-order chi connectivity index (χ0) is 13.9. The lowest BCUT2D eigenvalue weighted by atomic mass is 10.1. The molecule has 104 valence electrons. The zero-order valence-electron chi connectivity index (χ0n) is 11.2. The molecule has 0 N–H and O–H groups in total. The molecule has 20 heavy (non-hydrogen) atoms. The molecule has 0 saturated carbocycles. The molecule has 0 spiro atoms. The van der Waals surface area contributed by atoms with Crippen molar-refractivity contribution >= 4 is 23.4 Å². The van der Waals surface area contributed by atoms with Crippen LogP contribution in [0.2, 0.25) is 5.15 Å². The standard InChI is InChI=1S/C14H15ClN4S/c1-20-14-17-7-11-9-19(5-4-12(11)18-14)8-10-2-3-13(15)16-6-10/h2-3,6-7H,4-5,8-9H2,1H3. The number of hydrogen-bond acceptors (Lipinski definition) is 5. The van der Waals surface area contributed by atoms with Crippen LogP contribution < -0.4 is 0 Å². The van der Waals surface area contributed by atoms with Crippen LogP contribution in [0, 0.1) is 0 Å². The van der Waals surface area contributed by atoms with E-state index in [2.05, 4.69) is 19.9 Å². The van der Waals surface area contributed by atoms with Gasteiger partial charge in [-0.2, -0.15) is 0 Å². The quantitative estimate of drug-likeness (QED) is 0.495. The second kappa shape index (κ2) is 6.08. The Hall–Kier alpha value is -1.17. The van der Waals surface area contributed by atoms with E-state index in [1.54, 1.807) is 11.8 Å². The minimum atomic E-state index is 0.538. The van der Waals surface area contributed by atoms with Gasteiger partial charge in [-0.15, -0.1) is 0 Å². The molecule has 1 aliphatic rings. The summed E-state index contributed by atoms with van der Waals surface area (Å²) < 4.78 is 0. The smallest absolute Gasteiger partial charge is 0.187 e. The Bertz CT molecular complexity index is 603. The molecule has 4 nitrogen and oxygen atoms in total. The number of fused-ring (bicyclic) bond motifs is 1.